The van der Waals surface area contributed by atoms with Gasteiger partial charge in [-0.25, -0.2) is 8.42 Å². The Bertz CT molecular complexity index is 895. The molecule has 2 heterocycles. The number of thiophene rings is 1. The molecule has 0 saturated carbocycles. The molecule has 0 bridgehead atoms. The minimum Gasteiger partial charge on any atom is -0.493 e. The maximum Gasteiger partial charge on any atom is 0.253 e. The number of ether oxygens (including phenoxy) is 1. The predicted molar refractivity (Wildman–Crippen MR) is 110 cm³/mol. The van der Waals surface area contributed by atoms with E-state index in [1.807, 2.05) is 24.3 Å². The lowest BCUT2D eigenvalue weighted by atomic mass is 10.1. The van der Waals surface area contributed by atoms with Gasteiger partial charge < -0.3 is 10.1 Å². The van der Waals surface area contributed by atoms with Crippen LogP contribution in [0.2, 0.25) is 0 Å². The van der Waals surface area contributed by atoms with Crippen LogP contribution in [0.25, 0.3) is 0 Å². The summed E-state index contributed by atoms with van der Waals surface area (Å²) in [5.41, 5.74) is 0.877. The van der Waals surface area contributed by atoms with Crippen LogP contribution >= 0.6 is 11.3 Å². The fourth-order valence-electron chi connectivity index (χ4n) is 3.16. The molecule has 1 aromatic heterocycles. The second-order valence-electron chi connectivity index (χ2n) is 7.24. The van der Waals surface area contributed by atoms with Crippen LogP contribution in [0.4, 0.5) is 0 Å². The largest absolute Gasteiger partial charge is 0.493 e. The highest BCUT2D eigenvalue weighted by molar-refractivity contribution is 7.91. The molecule has 1 N–H and O–H groups in total. The van der Waals surface area contributed by atoms with Crippen molar-refractivity contribution in [3.05, 3.63) is 47.3 Å². The molecule has 1 aliphatic heterocycles. The molecular weight excluding hydrogens is 396 g/mol. The molecular formula is C20H26N2O4S2. The van der Waals surface area contributed by atoms with Gasteiger partial charge in [0, 0.05) is 18.7 Å². The summed E-state index contributed by atoms with van der Waals surface area (Å²) in [6, 6.07) is 10.2. The minimum absolute atomic E-state index is 0.267. The number of hydrogen-bond acceptors (Lipinski definition) is 5. The Hall–Kier alpha value is -1.90. The van der Waals surface area contributed by atoms with Crippen molar-refractivity contribution in [1.82, 2.24) is 9.62 Å². The van der Waals surface area contributed by atoms with Gasteiger partial charge in [0.2, 0.25) is 5.91 Å². The summed E-state index contributed by atoms with van der Waals surface area (Å²) in [5.74, 6) is 0.874. The van der Waals surface area contributed by atoms with Gasteiger partial charge in [-0.05, 0) is 36.3 Å². The van der Waals surface area contributed by atoms with Gasteiger partial charge in [0.15, 0.2) is 0 Å². The van der Waals surface area contributed by atoms with E-state index < -0.39 is 16.1 Å². The zero-order valence-corrected chi connectivity index (χ0v) is 17.8. The Kier molecular flexibility index (Phi) is 6.74. The first-order valence-electron chi connectivity index (χ1n) is 9.43. The summed E-state index contributed by atoms with van der Waals surface area (Å²) in [4.78, 5) is 12.8. The van der Waals surface area contributed by atoms with Crippen molar-refractivity contribution in [3.63, 3.8) is 0 Å². The smallest absolute Gasteiger partial charge is 0.253 e. The van der Waals surface area contributed by atoms with Crippen LogP contribution < -0.4 is 10.1 Å². The Morgan fingerprint density at radius 1 is 1.29 bits per heavy atom. The second-order valence-corrected chi connectivity index (χ2v) is 10.3. The molecule has 0 unspecified atom stereocenters. The van der Waals surface area contributed by atoms with Gasteiger partial charge in [0.25, 0.3) is 10.0 Å². The van der Waals surface area contributed by atoms with Crippen molar-refractivity contribution in [2.75, 3.05) is 13.2 Å². The number of benzene rings is 1. The molecule has 0 radical (unpaired) electrons. The maximum atomic E-state index is 12.8. The molecule has 28 heavy (non-hydrogen) atoms. The van der Waals surface area contributed by atoms with Crippen molar-refractivity contribution in [2.45, 2.75) is 43.5 Å². The highest BCUT2D eigenvalue weighted by Crippen LogP contribution is 2.28. The molecule has 0 aliphatic carbocycles. The number of amides is 1. The van der Waals surface area contributed by atoms with Crippen LogP contribution in [0.15, 0.2) is 46.0 Å². The van der Waals surface area contributed by atoms with Crippen LogP contribution in [0.3, 0.4) is 0 Å². The van der Waals surface area contributed by atoms with E-state index in [2.05, 4.69) is 19.2 Å². The lowest BCUT2D eigenvalue weighted by molar-refractivity contribution is -0.124. The fourth-order valence-corrected chi connectivity index (χ4v) is 5.94. The monoisotopic (exact) mass is 422 g/mol. The van der Waals surface area contributed by atoms with Gasteiger partial charge in [0.1, 0.15) is 16.0 Å². The molecule has 1 aliphatic rings. The summed E-state index contributed by atoms with van der Waals surface area (Å²) in [5, 5.41) is 4.62. The molecule has 1 aromatic carbocycles. The molecule has 0 spiro atoms. The molecule has 3 rings (SSSR count). The normalized spacial score (nSPS) is 17.8. The molecule has 1 amide bonds. The van der Waals surface area contributed by atoms with Crippen LogP contribution in [-0.4, -0.2) is 37.8 Å². The third-order valence-electron chi connectivity index (χ3n) is 4.56. The van der Waals surface area contributed by atoms with Crippen LogP contribution in [0, 0.1) is 5.92 Å². The Labute approximate surface area is 170 Å². The van der Waals surface area contributed by atoms with Gasteiger partial charge in [-0.15, -0.1) is 11.3 Å². The molecule has 2 aromatic rings. The first-order valence-corrected chi connectivity index (χ1v) is 11.8. The van der Waals surface area contributed by atoms with Crippen LogP contribution in [0.1, 0.15) is 32.3 Å². The summed E-state index contributed by atoms with van der Waals surface area (Å²) < 4.78 is 33.1. The molecule has 6 nitrogen and oxygen atoms in total. The number of hydrogen-bond donors (Lipinski definition) is 1. The standard InChI is InChI=1S/C20H26N2O4S2/c1-15(2)14-26-18-9-4-3-7-16(18)13-21-20(23)17-8-5-11-22(17)28(24,25)19-10-6-12-27-19/h3-4,6-7,9-10,12,15,17H,5,8,11,13-14H2,1-2H3,(H,21,23)/t17-/m0/s1. The summed E-state index contributed by atoms with van der Waals surface area (Å²) >= 11 is 1.17. The van der Waals surface area contributed by atoms with Gasteiger partial charge in [-0.3, -0.25) is 4.79 Å². The maximum absolute atomic E-state index is 12.8. The van der Waals surface area contributed by atoms with E-state index in [0.29, 0.717) is 38.5 Å². The second kappa shape index (κ2) is 9.07. The number of nitrogens with one attached hydrogen (secondary N) is 1. The number of sulfonamides is 1. The summed E-state index contributed by atoms with van der Waals surface area (Å²) in [6.07, 6.45) is 1.21. The topological polar surface area (TPSA) is 75.7 Å². The molecule has 1 fully saturated rings. The minimum atomic E-state index is -3.63. The Morgan fingerprint density at radius 2 is 2.07 bits per heavy atom. The molecule has 1 atom stereocenters. The Balaban J connectivity index is 1.67. The number of para-hydroxylation sites is 1. The van der Waals surface area contributed by atoms with E-state index in [1.54, 1.807) is 17.5 Å². The SMILES string of the molecule is CC(C)COc1ccccc1CNC(=O)[C@@H]1CCCN1S(=O)(=O)c1cccs1. The van der Waals surface area contributed by atoms with E-state index in [4.69, 9.17) is 4.74 Å². The van der Waals surface area contributed by atoms with Gasteiger partial charge >= 0.3 is 0 Å². The zero-order valence-electron chi connectivity index (χ0n) is 16.1. The Morgan fingerprint density at radius 3 is 2.79 bits per heavy atom. The fraction of sp³-hybridized carbons (Fsp3) is 0.450. The van der Waals surface area contributed by atoms with Gasteiger partial charge in [-0.1, -0.05) is 38.1 Å². The number of carbonyl (C=O) groups excluding carboxylic acids is 1. The van der Waals surface area contributed by atoms with Crippen molar-refractivity contribution >= 4 is 27.3 Å². The highest BCUT2D eigenvalue weighted by Gasteiger charge is 2.39. The van der Waals surface area contributed by atoms with E-state index in [-0.39, 0.29) is 10.1 Å². The van der Waals surface area contributed by atoms with Crippen molar-refractivity contribution in [3.8, 4) is 5.75 Å². The quantitative estimate of drug-likeness (QED) is 0.709. The summed E-state index contributed by atoms with van der Waals surface area (Å²) in [7, 11) is -3.63. The van der Waals surface area contributed by atoms with Gasteiger partial charge in [-0.2, -0.15) is 4.31 Å². The van der Waals surface area contributed by atoms with E-state index in [1.165, 1.54) is 15.6 Å². The molecule has 8 heteroatoms. The molecule has 152 valence electrons. The predicted octanol–water partition coefficient (Wildman–Crippen LogP) is 3.25. The van der Waals surface area contributed by atoms with Crippen molar-refractivity contribution in [2.24, 2.45) is 5.92 Å². The number of carbonyl (C=O) groups is 1. The first kappa shape index (κ1) is 20.8. The molecule has 1 saturated heterocycles. The van der Waals surface area contributed by atoms with Crippen molar-refractivity contribution in [1.29, 1.82) is 0 Å². The zero-order chi connectivity index (χ0) is 20.1. The lowest BCUT2D eigenvalue weighted by Gasteiger charge is -2.23. The van der Waals surface area contributed by atoms with E-state index >= 15 is 0 Å². The average molecular weight is 423 g/mol. The van der Waals surface area contributed by atoms with Crippen molar-refractivity contribution < 1.29 is 17.9 Å². The van der Waals surface area contributed by atoms with E-state index in [0.717, 1.165) is 11.3 Å². The third kappa shape index (κ3) is 4.74. The summed E-state index contributed by atoms with van der Waals surface area (Å²) in [6.45, 7) is 5.42. The highest BCUT2D eigenvalue weighted by atomic mass is 32.2. The average Bonchev–Trinajstić information content (AvgIpc) is 3.37. The van der Waals surface area contributed by atoms with E-state index in [9.17, 15) is 13.2 Å². The first-order chi connectivity index (χ1) is 13.4. The van der Waals surface area contributed by atoms with Crippen LogP contribution in [-0.2, 0) is 21.4 Å². The van der Waals surface area contributed by atoms with Gasteiger partial charge in [0.05, 0.1) is 6.61 Å². The number of nitrogens with zero attached hydrogens (tertiary/aromatic N) is 1. The lowest BCUT2D eigenvalue weighted by Crippen LogP contribution is -2.45. The number of rotatable bonds is 8. The third-order valence-corrected chi connectivity index (χ3v) is 7.84. The van der Waals surface area contributed by atoms with Crippen LogP contribution in [0.5, 0.6) is 5.75 Å².